The molecule has 4 nitrogen and oxygen atoms in total. The molecule has 31 heavy (non-hydrogen) atoms. The molecule has 0 bridgehead atoms. The van der Waals surface area contributed by atoms with Gasteiger partial charge in [-0.15, -0.1) is 0 Å². The molecule has 0 amide bonds. The molecule has 1 aliphatic heterocycles. The SMILES string of the molecule is OCc1ccc(OCCN2CCN([C@H](c3ccccc3)c3ccc(Cl)cc3)CC2)cc1. The van der Waals surface area contributed by atoms with E-state index >= 15 is 0 Å². The smallest absolute Gasteiger partial charge is 0.119 e. The lowest BCUT2D eigenvalue weighted by Crippen LogP contribution is -2.48. The first-order valence-electron chi connectivity index (χ1n) is 10.8. The van der Waals surface area contributed by atoms with E-state index in [-0.39, 0.29) is 12.6 Å². The van der Waals surface area contributed by atoms with Gasteiger partial charge in [0.2, 0.25) is 0 Å². The van der Waals surface area contributed by atoms with Crippen molar-refractivity contribution in [3.05, 3.63) is 101 Å². The third kappa shape index (κ3) is 5.86. The van der Waals surface area contributed by atoms with Gasteiger partial charge >= 0.3 is 0 Å². The van der Waals surface area contributed by atoms with Crippen LogP contribution in [-0.4, -0.2) is 54.2 Å². The van der Waals surface area contributed by atoms with Crippen molar-refractivity contribution in [1.82, 2.24) is 9.80 Å². The van der Waals surface area contributed by atoms with Crippen molar-refractivity contribution < 1.29 is 9.84 Å². The molecule has 0 radical (unpaired) electrons. The number of hydrogen-bond donors (Lipinski definition) is 1. The largest absolute Gasteiger partial charge is 0.492 e. The molecule has 0 saturated carbocycles. The van der Waals surface area contributed by atoms with Crippen LogP contribution in [0.25, 0.3) is 0 Å². The number of hydrogen-bond acceptors (Lipinski definition) is 4. The maximum Gasteiger partial charge on any atom is 0.119 e. The van der Waals surface area contributed by atoms with E-state index in [1.165, 1.54) is 11.1 Å². The van der Waals surface area contributed by atoms with E-state index in [1.807, 2.05) is 36.4 Å². The lowest BCUT2D eigenvalue weighted by atomic mass is 9.96. The topological polar surface area (TPSA) is 35.9 Å². The monoisotopic (exact) mass is 436 g/mol. The summed E-state index contributed by atoms with van der Waals surface area (Å²) >= 11 is 6.13. The summed E-state index contributed by atoms with van der Waals surface area (Å²) < 4.78 is 5.88. The van der Waals surface area contributed by atoms with E-state index in [0.29, 0.717) is 6.61 Å². The first-order valence-corrected chi connectivity index (χ1v) is 11.2. The molecule has 0 aliphatic carbocycles. The van der Waals surface area contributed by atoms with Crippen molar-refractivity contribution in [3.63, 3.8) is 0 Å². The minimum atomic E-state index is 0.0601. The van der Waals surface area contributed by atoms with Crippen molar-refractivity contribution in [1.29, 1.82) is 0 Å². The summed E-state index contributed by atoms with van der Waals surface area (Å²) in [6.45, 7) is 5.68. The van der Waals surface area contributed by atoms with Crippen LogP contribution in [-0.2, 0) is 6.61 Å². The van der Waals surface area contributed by atoms with Crippen LogP contribution in [0.1, 0.15) is 22.7 Å². The molecule has 4 rings (SSSR count). The highest BCUT2D eigenvalue weighted by Crippen LogP contribution is 2.30. The van der Waals surface area contributed by atoms with Crippen molar-refractivity contribution >= 4 is 11.6 Å². The average molecular weight is 437 g/mol. The number of benzene rings is 3. The Morgan fingerprint density at radius 3 is 2.10 bits per heavy atom. The number of piperazine rings is 1. The molecule has 1 aliphatic rings. The molecule has 5 heteroatoms. The summed E-state index contributed by atoms with van der Waals surface area (Å²) in [4.78, 5) is 5.02. The van der Waals surface area contributed by atoms with E-state index < -0.39 is 0 Å². The summed E-state index contributed by atoms with van der Waals surface area (Å²) in [5, 5.41) is 9.91. The predicted octanol–water partition coefficient (Wildman–Crippen LogP) is 4.62. The van der Waals surface area contributed by atoms with Crippen LogP contribution in [0.15, 0.2) is 78.9 Å². The molecule has 1 saturated heterocycles. The fourth-order valence-electron chi connectivity index (χ4n) is 4.12. The molecular weight excluding hydrogens is 408 g/mol. The minimum Gasteiger partial charge on any atom is -0.492 e. The molecule has 3 aromatic rings. The van der Waals surface area contributed by atoms with Crippen LogP contribution in [0.4, 0.5) is 0 Å². The quantitative estimate of drug-likeness (QED) is 0.559. The zero-order valence-electron chi connectivity index (χ0n) is 17.7. The van der Waals surface area contributed by atoms with Gasteiger partial charge in [0.05, 0.1) is 12.6 Å². The molecule has 1 heterocycles. The normalized spacial score (nSPS) is 16.2. The molecule has 162 valence electrons. The zero-order chi connectivity index (χ0) is 21.5. The third-order valence-corrected chi connectivity index (χ3v) is 6.11. The van der Waals surface area contributed by atoms with Crippen LogP contribution >= 0.6 is 11.6 Å². The second-order valence-electron chi connectivity index (χ2n) is 7.89. The Kier molecular flexibility index (Phi) is 7.60. The highest BCUT2D eigenvalue weighted by atomic mass is 35.5. The molecule has 1 fully saturated rings. The maximum absolute atomic E-state index is 9.14. The first-order chi connectivity index (χ1) is 15.2. The molecule has 3 aromatic carbocycles. The van der Waals surface area contributed by atoms with Crippen molar-refractivity contribution in [2.75, 3.05) is 39.3 Å². The Hall–Kier alpha value is -2.37. The lowest BCUT2D eigenvalue weighted by molar-refractivity contribution is 0.0977. The van der Waals surface area contributed by atoms with Gasteiger partial charge in [-0.3, -0.25) is 9.80 Å². The minimum absolute atomic E-state index is 0.0601. The number of aliphatic hydroxyl groups is 1. The van der Waals surface area contributed by atoms with Crippen LogP contribution in [0, 0.1) is 0 Å². The molecule has 0 aromatic heterocycles. The summed E-state index contributed by atoms with van der Waals surface area (Å²) in [6, 6.07) is 26.8. The summed E-state index contributed by atoms with van der Waals surface area (Å²) in [7, 11) is 0. The number of aliphatic hydroxyl groups excluding tert-OH is 1. The Morgan fingerprint density at radius 2 is 1.45 bits per heavy atom. The molecule has 1 N–H and O–H groups in total. The fraction of sp³-hybridized carbons (Fsp3) is 0.308. The molecular formula is C26H29ClN2O2. The second kappa shape index (κ2) is 10.8. The van der Waals surface area contributed by atoms with Gasteiger partial charge < -0.3 is 9.84 Å². The average Bonchev–Trinajstić information content (AvgIpc) is 2.83. The third-order valence-electron chi connectivity index (χ3n) is 5.86. The van der Waals surface area contributed by atoms with E-state index in [2.05, 4.69) is 52.3 Å². The number of nitrogens with zero attached hydrogens (tertiary/aromatic N) is 2. The Bertz CT molecular complexity index is 924. The summed E-state index contributed by atoms with van der Waals surface area (Å²) in [6.07, 6.45) is 0. The van der Waals surface area contributed by atoms with Gasteiger partial charge in [0.1, 0.15) is 12.4 Å². The summed E-state index contributed by atoms with van der Waals surface area (Å²) in [5.41, 5.74) is 3.49. The van der Waals surface area contributed by atoms with Gasteiger partial charge in [0.15, 0.2) is 0 Å². The van der Waals surface area contributed by atoms with Gasteiger partial charge in [-0.25, -0.2) is 0 Å². The fourth-order valence-corrected chi connectivity index (χ4v) is 4.25. The van der Waals surface area contributed by atoms with Crippen molar-refractivity contribution in [2.45, 2.75) is 12.6 Å². The number of halogens is 1. The Morgan fingerprint density at radius 1 is 0.806 bits per heavy atom. The van der Waals surface area contributed by atoms with E-state index in [0.717, 1.165) is 49.1 Å². The van der Waals surface area contributed by atoms with Crippen LogP contribution in [0.5, 0.6) is 5.75 Å². The van der Waals surface area contributed by atoms with E-state index in [1.54, 1.807) is 0 Å². The van der Waals surface area contributed by atoms with Gasteiger partial charge in [-0.05, 0) is 41.0 Å². The van der Waals surface area contributed by atoms with Crippen molar-refractivity contribution in [3.8, 4) is 5.75 Å². The maximum atomic E-state index is 9.14. The van der Waals surface area contributed by atoms with Crippen LogP contribution in [0.3, 0.4) is 0 Å². The summed E-state index contributed by atoms with van der Waals surface area (Å²) in [5.74, 6) is 0.850. The first kappa shape index (κ1) is 21.8. The van der Waals surface area contributed by atoms with Crippen LogP contribution < -0.4 is 4.74 Å². The van der Waals surface area contributed by atoms with Gasteiger partial charge in [0, 0.05) is 37.7 Å². The highest BCUT2D eigenvalue weighted by molar-refractivity contribution is 6.30. The zero-order valence-corrected chi connectivity index (χ0v) is 18.4. The number of ether oxygens (including phenoxy) is 1. The second-order valence-corrected chi connectivity index (χ2v) is 8.33. The molecule has 0 spiro atoms. The predicted molar refractivity (Wildman–Crippen MR) is 126 cm³/mol. The number of rotatable bonds is 8. The van der Waals surface area contributed by atoms with Crippen LogP contribution in [0.2, 0.25) is 5.02 Å². The lowest BCUT2D eigenvalue weighted by Gasteiger charge is -2.39. The van der Waals surface area contributed by atoms with Crippen molar-refractivity contribution in [2.24, 2.45) is 0 Å². The highest BCUT2D eigenvalue weighted by Gasteiger charge is 2.26. The molecule has 1 atom stereocenters. The molecule has 0 unspecified atom stereocenters. The Balaban J connectivity index is 1.33. The van der Waals surface area contributed by atoms with E-state index in [9.17, 15) is 0 Å². The Labute approximate surface area is 189 Å². The van der Waals surface area contributed by atoms with E-state index in [4.69, 9.17) is 21.4 Å². The van der Waals surface area contributed by atoms with Gasteiger partial charge in [0.25, 0.3) is 0 Å². The standard InChI is InChI=1S/C26H29ClN2O2/c27-24-10-8-23(9-11-24)26(22-4-2-1-3-5-22)29-16-14-28(15-17-29)18-19-31-25-12-6-21(20-30)7-13-25/h1-13,26,30H,14-20H2/t26-/m1/s1. The van der Waals surface area contributed by atoms with Gasteiger partial charge in [-0.1, -0.05) is 66.2 Å². The van der Waals surface area contributed by atoms with Gasteiger partial charge in [-0.2, -0.15) is 0 Å².